The number of fused-ring (bicyclic) bond motifs is 1. The highest BCUT2D eigenvalue weighted by atomic mass is 16.5. The van der Waals surface area contributed by atoms with E-state index >= 15 is 0 Å². The number of benzene rings is 5. The second-order valence-electron chi connectivity index (χ2n) is 11.8. The zero-order chi connectivity index (χ0) is 34.2. The molecule has 0 radical (unpaired) electrons. The highest BCUT2D eigenvalue weighted by molar-refractivity contribution is 5.87. The molecule has 49 heavy (non-hydrogen) atoms. The molecule has 5 aromatic carbocycles. The Morgan fingerprint density at radius 1 is 0.776 bits per heavy atom. The molecule has 9 heteroatoms. The molecule has 0 aliphatic heterocycles. The first-order valence-corrected chi connectivity index (χ1v) is 16.0. The Bertz CT molecular complexity index is 2100. The molecule has 0 aliphatic rings. The van der Waals surface area contributed by atoms with Crippen molar-refractivity contribution in [2.75, 3.05) is 13.1 Å². The number of pyridine rings is 1. The van der Waals surface area contributed by atoms with Gasteiger partial charge in [-0.1, -0.05) is 91.0 Å². The summed E-state index contributed by atoms with van der Waals surface area (Å²) >= 11 is 0. The number of phenols is 1. The molecule has 1 amide bonds. The van der Waals surface area contributed by atoms with E-state index < -0.39 is 18.2 Å². The minimum Gasteiger partial charge on any atom is -0.506 e. The van der Waals surface area contributed by atoms with Crippen molar-refractivity contribution in [1.29, 1.82) is 0 Å². The van der Waals surface area contributed by atoms with Crippen LogP contribution in [0.1, 0.15) is 40.0 Å². The number of carbonyl (C=O) groups is 1. The number of rotatable bonds is 13. The van der Waals surface area contributed by atoms with Crippen LogP contribution < -0.4 is 20.9 Å². The number of aromatic hydroxyl groups is 1. The molecule has 0 aliphatic carbocycles. The second-order valence-corrected chi connectivity index (χ2v) is 11.8. The van der Waals surface area contributed by atoms with Gasteiger partial charge in [0, 0.05) is 18.0 Å². The van der Waals surface area contributed by atoms with Gasteiger partial charge in [0.2, 0.25) is 5.56 Å². The fourth-order valence-electron chi connectivity index (χ4n) is 5.91. The first kappa shape index (κ1) is 33.0. The summed E-state index contributed by atoms with van der Waals surface area (Å²) in [7, 11) is 0. The molecule has 0 fully saturated rings. The molecule has 0 saturated heterocycles. The monoisotopic (exact) mass is 655 g/mol. The number of aliphatic hydroxyl groups is 1. The van der Waals surface area contributed by atoms with Crippen LogP contribution in [0, 0.1) is 0 Å². The van der Waals surface area contributed by atoms with Crippen LogP contribution in [0.2, 0.25) is 0 Å². The lowest BCUT2D eigenvalue weighted by Gasteiger charge is -2.19. The molecule has 0 spiro atoms. The van der Waals surface area contributed by atoms with Crippen molar-refractivity contribution in [3.8, 4) is 22.6 Å². The van der Waals surface area contributed by atoms with Gasteiger partial charge in [-0.2, -0.15) is 0 Å². The molecule has 6 N–H and O–H groups in total. The number of nitrogens with one attached hydrogen (secondary N) is 3. The van der Waals surface area contributed by atoms with Gasteiger partial charge in [0.15, 0.2) is 0 Å². The van der Waals surface area contributed by atoms with Crippen LogP contribution in [-0.2, 0) is 13.0 Å². The lowest BCUT2D eigenvalue weighted by atomic mass is 9.98. The number of aliphatic hydroxyl groups excluding tert-OH is 1. The van der Waals surface area contributed by atoms with E-state index in [4.69, 9.17) is 4.74 Å². The van der Waals surface area contributed by atoms with E-state index in [0.29, 0.717) is 41.9 Å². The van der Waals surface area contributed by atoms with Crippen LogP contribution in [0.3, 0.4) is 0 Å². The molecule has 2 unspecified atom stereocenters. The largest absolute Gasteiger partial charge is 0.506 e. The average molecular weight is 656 g/mol. The second kappa shape index (κ2) is 15.3. The fourth-order valence-corrected chi connectivity index (χ4v) is 5.91. The van der Waals surface area contributed by atoms with Gasteiger partial charge in [0.25, 0.3) is 0 Å². The first-order chi connectivity index (χ1) is 23.8. The summed E-state index contributed by atoms with van der Waals surface area (Å²) in [6, 6.07) is 39.1. The zero-order valence-electron chi connectivity index (χ0n) is 26.7. The summed E-state index contributed by atoms with van der Waals surface area (Å²) in [6.07, 6.45) is -1.13. The predicted octanol–water partition coefficient (Wildman–Crippen LogP) is 6.70. The SMILES string of the molecule is O=C(O)NC(c1ccccc1)c1cccc(OCc2cccc(-c3ccc(CCNCC(O)c4ccc(O)c5[nH]c(=O)ccc45)cc3)c2)c1. The van der Waals surface area contributed by atoms with Gasteiger partial charge in [-0.05, 0) is 82.2 Å². The highest BCUT2D eigenvalue weighted by Crippen LogP contribution is 2.29. The number of hydrogen-bond acceptors (Lipinski definition) is 6. The van der Waals surface area contributed by atoms with E-state index in [9.17, 15) is 24.9 Å². The van der Waals surface area contributed by atoms with Crippen molar-refractivity contribution in [1.82, 2.24) is 15.6 Å². The summed E-state index contributed by atoms with van der Waals surface area (Å²) in [5.74, 6) is 0.613. The molecular weight excluding hydrogens is 618 g/mol. The summed E-state index contributed by atoms with van der Waals surface area (Å²) in [6.45, 7) is 1.34. The van der Waals surface area contributed by atoms with Crippen molar-refractivity contribution in [2.24, 2.45) is 0 Å². The summed E-state index contributed by atoms with van der Waals surface area (Å²) < 4.78 is 6.14. The number of carboxylic acid groups (broad SMARTS) is 1. The smallest absolute Gasteiger partial charge is 0.405 e. The van der Waals surface area contributed by atoms with Gasteiger partial charge < -0.3 is 35.7 Å². The molecule has 0 bridgehead atoms. The molecule has 2 atom stereocenters. The van der Waals surface area contributed by atoms with E-state index in [1.54, 1.807) is 12.1 Å². The Morgan fingerprint density at radius 3 is 2.35 bits per heavy atom. The normalized spacial score (nSPS) is 12.3. The number of phenolic OH excluding ortho intramolecular Hbond substituents is 1. The number of aromatic amines is 1. The van der Waals surface area contributed by atoms with Gasteiger partial charge in [-0.25, -0.2) is 4.79 Å². The molecule has 1 aromatic heterocycles. The zero-order valence-corrected chi connectivity index (χ0v) is 26.7. The van der Waals surface area contributed by atoms with Crippen LogP contribution in [0.5, 0.6) is 11.5 Å². The number of ether oxygens (including phenoxy) is 1. The van der Waals surface area contributed by atoms with Crippen LogP contribution in [0.4, 0.5) is 4.79 Å². The average Bonchev–Trinajstić information content (AvgIpc) is 3.12. The molecule has 248 valence electrons. The molecule has 6 aromatic rings. The van der Waals surface area contributed by atoms with Gasteiger partial charge in [-0.3, -0.25) is 4.79 Å². The molecular formula is C40H37N3O6. The maximum absolute atomic E-state index is 11.7. The molecule has 9 nitrogen and oxygen atoms in total. The van der Waals surface area contributed by atoms with Crippen molar-refractivity contribution >= 4 is 17.0 Å². The van der Waals surface area contributed by atoms with Crippen molar-refractivity contribution in [2.45, 2.75) is 25.2 Å². The van der Waals surface area contributed by atoms with Crippen molar-refractivity contribution in [3.05, 3.63) is 166 Å². The van der Waals surface area contributed by atoms with Gasteiger partial charge in [0.1, 0.15) is 18.1 Å². The number of hydrogen-bond donors (Lipinski definition) is 6. The third-order valence-electron chi connectivity index (χ3n) is 8.41. The third kappa shape index (κ3) is 8.34. The van der Waals surface area contributed by atoms with E-state index in [1.165, 1.54) is 12.1 Å². The molecule has 1 heterocycles. The Balaban J connectivity index is 1.03. The fraction of sp³-hybridized carbons (Fsp3) is 0.150. The Labute approximate surface area is 283 Å². The number of aromatic nitrogens is 1. The first-order valence-electron chi connectivity index (χ1n) is 16.0. The predicted molar refractivity (Wildman–Crippen MR) is 190 cm³/mol. The van der Waals surface area contributed by atoms with Crippen LogP contribution in [0.25, 0.3) is 22.0 Å². The highest BCUT2D eigenvalue weighted by Gasteiger charge is 2.17. The van der Waals surface area contributed by atoms with Gasteiger partial charge >= 0.3 is 6.09 Å². The maximum atomic E-state index is 11.7. The molecule has 6 rings (SSSR count). The van der Waals surface area contributed by atoms with Gasteiger partial charge in [0.05, 0.1) is 17.7 Å². The van der Waals surface area contributed by atoms with E-state index in [2.05, 4.69) is 52.0 Å². The Morgan fingerprint density at radius 2 is 1.55 bits per heavy atom. The summed E-state index contributed by atoms with van der Waals surface area (Å²) in [5.41, 5.74) is 6.58. The number of amides is 1. The lowest BCUT2D eigenvalue weighted by molar-refractivity contribution is 0.176. The summed E-state index contributed by atoms with van der Waals surface area (Å²) in [4.78, 5) is 25.8. The lowest BCUT2D eigenvalue weighted by Crippen LogP contribution is -2.27. The number of H-pyrrole nitrogens is 1. The van der Waals surface area contributed by atoms with Crippen LogP contribution in [-0.4, -0.2) is 39.5 Å². The van der Waals surface area contributed by atoms with E-state index in [-0.39, 0.29) is 11.3 Å². The Hall–Kier alpha value is -5.90. The summed E-state index contributed by atoms with van der Waals surface area (Å²) in [5, 5.41) is 36.9. The standard InChI is InChI=1S/C40H37N3O6/c44-35-18-16-33(34-17-19-37(46)42-39(34)35)36(45)24-41-21-20-26-12-14-28(15-13-26)30-9-4-6-27(22-30)25-49-32-11-5-10-31(23-32)38(43-40(47)48)29-7-2-1-3-8-29/h1-19,22-23,36,38,41,43-45H,20-21,24-25H2,(H,42,46)(H,47,48). The minimum atomic E-state index is -1.10. The maximum Gasteiger partial charge on any atom is 0.405 e. The van der Waals surface area contributed by atoms with Crippen molar-refractivity contribution in [3.63, 3.8) is 0 Å². The van der Waals surface area contributed by atoms with E-state index in [1.807, 2.05) is 66.7 Å². The molecule has 0 saturated carbocycles. The van der Waals surface area contributed by atoms with Crippen molar-refractivity contribution < 1.29 is 24.9 Å². The van der Waals surface area contributed by atoms with Crippen LogP contribution >= 0.6 is 0 Å². The minimum absolute atomic E-state index is 0.0347. The quantitative estimate of drug-likeness (QED) is 0.0760. The van der Waals surface area contributed by atoms with E-state index in [0.717, 1.165) is 39.8 Å². The Kier molecular flexibility index (Phi) is 10.3. The topological polar surface area (TPSA) is 144 Å². The van der Waals surface area contributed by atoms with Crippen LogP contribution in [0.15, 0.2) is 132 Å². The van der Waals surface area contributed by atoms with Gasteiger partial charge in [-0.15, -0.1) is 0 Å². The third-order valence-corrected chi connectivity index (χ3v) is 8.41.